The van der Waals surface area contributed by atoms with E-state index in [4.69, 9.17) is 29.9 Å². The van der Waals surface area contributed by atoms with Crippen molar-refractivity contribution >= 4 is 0 Å². The number of rotatable bonds is 5. The molecule has 9 nitrogen and oxygen atoms in total. The molecule has 22 heavy (non-hydrogen) atoms. The van der Waals surface area contributed by atoms with Crippen LogP contribution in [0.4, 0.5) is 0 Å². The fraction of sp³-hybridized carbons (Fsp3) is 1.00. The minimum Gasteiger partial charge on any atom is -0.394 e. The predicted octanol–water partition coefficient (Wildman–Crippen LogP) is -0.437. The molecule has 0 saturated carbocycles. The lowest BCUT2D eigenvalue weighted by atomic mass is 9.72. The van der Waals surface area contributed by atoms with Crippen molar-refractivity contribution in [1.82, 2.24) is 0 Å². The first-order valence-corrected chi connectivity index (χ1v) is 7.26. The third kappa shape index (κ3) is 3.24. The van der Waals surface area contributed by atoms with Crippen LogP contribution in [0.3, 0.4) is 0 Å². The zero-order valence-corrected chi connectivity index (χ0v) is 13.1. The zero-order chi connectivity index (χ0) is 16.3. The molecular formula is C13H25N3O6. The molecule has 9 heteroatoms. The van der Waals surface area contributed by atoms with Gasteiger partial charge in [-0.2, -0.15) is 0 Å². The number of methoxy groups -OCH3 is 1. The van der Waals surface area contributed by atoms with Crippen molar-refractivity contribution < 1.29 is 29.2 Å². The van der Waals surface area contributed by atoms with Gasteiger partial charge in [-0.05, 0) is 0 Å². The van der Waals surface area contributed by atoms with Crippen molar-refractivity contribution in [2.45, 2.75) is 57.0 Å². The van der Waals surface area contributed by atoms with E-state index in [1.54, 1.807) is 7.11 Å². The van der Waals surface area contributed by atoms with Crippen LogP contribution < -0.4 is 5.84 Å². The Hall–Kier alpha value is -0.840. The summed E-state index contributed by atoms with van der Waals surface area (Å²) in [6.07, 6.45) is -2.89. The van der Waals surface area contributed by atoms with Gasteiger partial charge in [-0.3, -0.25) is 0 Å². The van der Waals surface area contributed by atoms with Gasteiger partial charge < -0.3 is 35.0 Å². The number of hydrogen-bond donors (Lipinski definition) is 3. The summed E-state index contributed by atoms with van der Waals surface area (Å²) in [5.74, 6) is 5.12. The van der Waals surface area contributed by atoms with E-state index < -0.39 is 23.9 Å². The average molecular weight is 319 g/mol. The maximum Gasteiger partial charge on any atom is 0.202 e. The molecule has 0 radical (unpaired) electrons. The Labute approximate surface area is 129 Å². The number of aliphatic hydroxyl groups is 2. The second kappa shape index (κ2) is 7.16. The quantitative estimate of drug-likeness (QED) is 0.356. The molecule has 128 valence electrons. The van der Waals surface area contributed by atoms with Gasteiger partial charge in [-0.1, -0.05) is 19.1 Å². The van der Waals surface area contributed by atoms with Crippen LogP contribution in [0, 0.1) is 5.41 Å². The third-order valence-corrected chi connectivity index (χ3v) is 4.42. The van der Waals surface area contributed by atoms with Crippen molar-refractivity contribution in [2.24, 2.45) is 21.6 Å². The van der Waals surface area contributed by atoms with Crippen LogP contribution in [0.5, 0.6) is 0 Å². The molecule has 0 aliphatic carbocycles. The van der Waals surface area contributed by atoms with Crippen molar-refractivity contribution in [3.8, 4) is 0 Å². The minimum atomic E-state index is -0.877. The van der Waals surface area contributed by atoms with Crippen LogP contribution >= 0.6 is 0 Å². The lowest BCUT2D eigenvalue weighted by molar-refractivity contribution is -0.328. The summed E-state index contributed by atoms with van der Waals surface area (Å²) in [5.41, 5.74) is -0.437. The van der Waals surface area contributed by atoms with Gasteiger partial charge in [0.15, 0.2) is 0 Å². The average Bonchev–Trinajstić information content (AvgIpc) is 2.48. The Morgan fingerprint density at radius 1 is 1.36 bits per heavy atom. The Morgan fingerprint density at radius 2 is 2.09 bits per heavy atom. The molecule has 0 spiro atoms. The first kappa shape index (κ1) is 17.5. The second-order valence-electron chi connectivity index (χ2n) is 6.18. The highest BCUT2D eigenvalue weighted by molar-refractivity contribution is 5.02. The van der Waals surface area contributed by atoms with Gasteiger partial charge in [0.2, 0.25) is 6.23 Å². The largest absolute Gasteiger partial charge is 0.394 e. The molecule has 6 atom stereocenters. The summed E-state index contributed by atoms with van der Waals surface area (Å²) in [7, 11) is 1.60. The van der Waals surface area contributed by atoms with E-state index in [1.165, 1.54) is 0 Å². The maximum absolute atomic E-state index is 9.77. The third-order valence-electron chi connectivity index (χ3n) is 4.42. The second-order valence-corrected chi connectivity index (χ2v) is 6.18. The normalized spacial score (nSPS) is 39.6. The van der Waals surface area contributed by atoms with Crippen LogP contribution in [-0.4, -0.2) is 67.5 Å². The molecule has 0 aromatic rings. The van der Waals surface area contributed by atoms with Gasteiger partial charge >= 0.3 is 0 Å². The number of nitrogens with two attached hydrogens (primary N) is 1. The van der Waals surface area contributed by atoms with E-state index in [1.807, 2.05) is 13.8 Å². The maximum atomic E-state index is 9.77. The first-order valence-electron chi connectivity index (χ1n) is 7.26. The Balaban J connectivity index is 2.25. The van der Waals surface area contributed by atoms with Gasteiger partial charge in [0.05, 0.1) is 24.9 Å². The standard InChI is InChI=1S/C13H25N3O6/c1-13(2)8(4-7(18)5-17)22-10-9(11(13)19-3)20-6-21-12(10)15-16-14/h7-12,17-18H,4-6H2,1-3H3,(H2,14,15)/t7-,8+,9-,10?,11+,12?/m0/s1. The lowest BCUT2D eigenvalue weighted by Crippen LogP contribution is -2.65. The molecule has 4 N–H and O–H groups in total. The van der Waals surface area contributed by atoms with Gasteiger partial charge in [0, 0.05) is 18.9 Å². The monoisotopic (exact) mass is 319 g/mol. The zero-order valence-electron chi connectivity index (χ0n) is 13.1. The summed E-state index contributed by atoms with van der Waals surface area (Å²) in [6, 6.07) is 0. The molecule has 0 amide bonds. The SMILES string of the molecule is CO[C@@H]1[C@H]2OCOC(N=NN)C2O[C@H](C[C@H](O)CO)C1(C)C. The number of ether oxygens (including phenoxy) is 4. The Bertz CT molecular complexity index is 394. The van der Waals surface area contributed by atoms with Crippen molar-refractivity contribution in [3.63, 3.8) is 0 Å². The van der Waals surface area contributed by atoms with Gasteiger partial charge in [0.1, 0.15) is 19.0 Å². The van der Waals surface area contributed by atoms with E-state index in [0.717, 1.165) is 0 Å². The smallest absolute Gasteiger partial charge is 0.202 e. The number of nitrogens with zero attached hydrogens (tertiary/aromatic N) is 2. The highest BCUT2D eigenvalue weighted by Crippen LogP contribution is 2.43. The predicted molar refractivity (Wildman–Crippen MR) is 74.6 cm³/mol. The summed E-state index contributed by atoms with van der Waals surface area (Å²) < 4.78 is 22.7. The number of hydrogen-bond acceptors (Lipinski definition) is 8. The molecule has 2 aliphatic heterocycles. The van der Waals surface area contributed by atoms with E-state index >= 15 is 0 Å². The molecular weight excluding hydrogens is 294 g/mol. The van der Waals surface area contributed by atoms with E-state index in [2.05, 4.69) is 10.3 Å². The van der Waals surface area contributed by atoms with Crippen molar-refractivity contribution in [2.75, 3.05) is 20.5 Å². The molecule has 0 aromatic carbocycles. The lowest BCUT2D eigenvalue weighted by Gasteiger charge is -2.53. The topological polar surface area (TPSA) is 128 Å². The van der Waals surface area contributed by atoms with E-state index in [9.17, 15) is 5.11 Å². The molecule has 2 aliphatic rings. The summed E-state index contributed by atoms with van der Waals surface area (Å²) >= 11 is 0. The molecule has 0 aromatic heterocycles. The number of aliphatic hydroxyl groups excluding tert-OH is 2. The molecule has 0 bridgehead atoms. The van der Waals surface area contributed by atoms with Gasteiger partial charge in [-0.15, -0.1) is 5.11 Å². The summed E-state index contributed by atoms with van der Waals surface area (Å²) in [4.78, 5) is 0. The Morgan fingerprint density at radius 3 is 2.68 bits per heavy atom. The van der Waals surface area contributed by atoms with E-state index in [0.29, 0.717) is 0 Å². The van der Waals surface area contributed by atoms with Gasteiger partial charge in [-0.25, -0.2) is 0 Å². The molecule has 2 heterocycles. The fourth-order valence-corrected chi connectivity index (χ4v) is 3.20. The molecule has 2 saturated heterocycles. The Kier molecular flexibility index (Phi) is 5.70. The van der Waals surface area contributed by atoms with Crippen LogP contribution in [0.15, 0.2) is 10.3 Å². The van der Waals surface area contributed by atoms with Crippen molar-refractivity contribution in [1.29, 1.82) is 0 Å². The molecule has 2 fully saturated rings. The number of fused-ring (bicyclic) bond motifs is 1. The fourth-order valence-electron chi connectivity index (χ4n) is 3.20. The van der Waals surface area contributed by atoms with Gasteiger partial charge in [0.25, 0.3) is 0 Å². The van der Waals surface area contributed by atoms with E-state index in [-0.39, 0.29) is 38.1 Å². The van der Waals surface area contributed by atoms with Crippen LogP contribution in [0.2, 0.25) is 0 Å². The van der Waals surface area contributed by atoms with Crippen LogP contribution in [-0.2, 0) is 18.9 Å². The van der Waals surface area contributed by atoms with Crippen molar-refractivity contribution in [3.05, 3.63) is 0 Å². The highest BCUT2D eigenvalue weighted by atomic mass is 16.7. The molecule has 2 unspecified atom stereocenters. The molecule has 2 rings (SSSR count). The first-order chi connectivity index (χ1) is 10.5. The highest BCUT2D eigenvalue weighted by Gasteiger charge is 2.55. The van der Waals surface area contributed by atoms with Crippen LogP contribution in [0.25, 0.3) is 0 Å². The minimum absolute atomic E-state index is 0.0497. The van der Waals surface area contributed by atoms with Crippen LogP contribution in [0.1, 0.15) is 20.3 Å². The summed E-state index contributed by atoms with van der Waals surface area (Å²) in [5, 5.41) is 26.0. The summed E-state index contributed by atoms with van der Waals surface area (Å²) in [6.45, 7) is 3.67.